The fourth-order valence-corrected chi connectivity index (χ4v) is 4.23. The van der Waals surface area contributed by atoms with Crippen molar-refractivity contribution in [3.05, 3.63) is 17.5 Å². The Kier molecular flexibility index (Phi) is 4.82. The van der Waals surface area contributed by atoms with Crippen LogP contribution in [-0.2, 0) is 30.0 Å². The zero-order valence-electron chi connectivity index (χ0n) is 12.5. The average Bonchev–Trinajstić information content (AvgIpc) is 2.97. The topological polar surface area (TPSA) is 67.2 Å². The summed E-state index contributed by atoms with van der Waals surface area (Å²) in [6, 6.07) is 0. The van der Waals surface area contributed by atoms with E-state index in [2.05, 4.69) is 21.6 Å². The Balaban J connectivity index is 2.00. The molecule has 6 nitrogen and oxygen atoms in total. The van der Waals surface area contributed by atoms with Gasteiger partial charge >= 0.3 is 0 Å². The van der Waals surface area contributed by atoms with Crippen LogP contribution in [0.1, 0.15) is 31.5 Å². The van der Waals surface area contributed by atoms with Crippen LogP contribution in [0, 0.1) is 0 Å². The van der Waals surface area contributed by atoms with E-state index < -0.39 is 10.0 Å². The molecule has 0 spiro atoms. The summed E-state index contributed by atoms with van der Waals surface area (Å²) in [4.78, 5) is 2.20. The van der Waals surface area contributed by atoms with Crippen molar-refractivity contribution in [3.8, 4) is 0 Å². The number of nitrogens with one attached hydrogen (secondary N) is 1. The van der Waals surface area contributed by atoms with Crippen LogP contribution in [0.3, 0.4) is 0 Å². The van der Waals surface area contributed by atoms with Gasteiger partial charge in [-0.3, -0.25) is 9.58 Å². The van der Waals surface area contributed by atoms with Gasteiger partial charge in [-0.2, -0.15) is 5.10 Å². The first-order valence-electron chi connectivity index (χ1n) is 7.18. The third kappa shape index (κ3) is 3.39. The number of aromatic nitrogens is 2. The quantitative estimate of drug-likeness (QED) is 0.830. The molecule has 0 amide bonds. The average molecular weight is 300 g/mol. The van der Waals surface area contributed by atoms with Gasteiger partial charge in [0, 0.05) is 38.4 Å². The number of hydrogen-bond acceptors (Lipinski definition) is 4. The number of hydrogen-bond donors (Lipinski definition) is 1. The highest BCUT2D eigenvalue weighted by Crippen LogP contribution is 2.20. The zero-order valence-corrected chi connectivity index (χ0v) is 13.3. The van der Waals surface area contributed by atoms with Crippen molar-refractivity contribution in [2.75, 3.05) is 19.6 Å². The molecule has 0 aliphatic carbocycles. The molecule has 7 heteroatoms. The molecule has 1 atom stereocenters. The smallest absolute Gasteiger partial charge is 0.215 e. The van der Waals surface area contributed by atoms with Crippen LogP contribution in [0.25, 0.3) is 0 Å². The summed E-state index contributed by atoms with van der Waals surface area (Å²) in [6.07, 6.45) is 3.64. The molecule has 0 aromatic carbocycles. The first kappa shape index (κ1) is 15.5. The van der Waals surface area contributed by atoms with E-state index in [-0.39, 0.29) is 5.25 Å². The van der Waals surface area contributed by atoms with Gasteiger partial charge in [0.2, 0.25) is 10.0 Å². The van der Waals surface area contributed by atoms with Crippen LogP contribution >= 0.6 is 0 Å². The normalized spacial score (nSPS) is 20.6. The first-order chi connectivity index (χ1) is 9.46. The van der Waals surface area contributed by atoms with Gasteiger partial charge in [0.15, 0.2) is 0 Å². The zero-order chi connectivity index (χ0) is 14.8. The molecule has 114 valence electrons. The second kappa shape index (κ2) is 6.24. The summed E-state index contributed by atoms with van der Waals surface area (Å²) in [5, 5.41) is 4.14. The summed E-state index contributed by atoms with van der Waals surface area (Å²) in [6.45, 7) is 6.58. The van der Waals surface area contributed by atoms with E-state index in [4.69, 9.17) is 0 Å². The molecular weight excluding hydrogens is 276 g/mol. The molecule has 0 radical (unpaired) electrons. The van der Waals surface area contributed by atoms with Gasteiger partial charge in [0.1, 0.15) is 0 Å². The molecule has 0 bridgehead atoms. The van der Waals surface area contributed by atoms with Crippen LogP contribution in [0.2, 0.25) is 0 Å². The van der Waals surface area contributed by atoms with E-state index in [1.807, 2.05) is 24.9 Å². The molecule has 1 aromatic rings. The number of rotatable bonds is 6. The molecular formula is C13H24N4O2S. The lowest BCUT2D eigenvalue weighted by Gasteiger charge is -2.16. The highest BCUT2D eigenvalue weighted by atomic mass is 32.2. The van der Waals surface area contributed by atoms with Crippen molar-refractivity contribution in [3.63, 3.8) is 0 Å². The number of nitrogens with zero attached hydrogens (tertiary/aromatic N) is 3. The van der Waals surface area contributed by atoms with Crippen LogP contribution in [0.4, 0.5) is 0 Å². The lowest BCUT2D eigenvalue weighted by atomic mass is 10.2. The fraction of sp³-hybridized carbons (Fsp3) is 0.769. The van der Waals surface area contributed by atoms with Gasteiger partial charge in [0.05, 0.1) is 10.9 Å². The first-order valence-corrected chi connectivity index (χ1v) is 8.73. The molecule has 0 saturated carbocycles. The number of likely N-dealkylation sites (tertiary alicyclic amines) is 1. The minimum Gasteiger partial charge on any atom is -0.298 e. The van der Waals surface area contributed by atoms with Crippen LogP contribution in [0.5, 0.6) is 0 Å². The lowest BCUT2D eigenvalue weighted by Crippen LogP contribution is -2.36. The molecule has 1 saturated heterocycles. The Labute approximate surface area is 121 Å². The highest BCUT2D eigenvalue weighted by molar-refractivity contribution is 7.90. The number of aryl methyl sites for hydroxylation is 2. The minimum absolute atomic E-state index is 0.288. The van der Waals surface area contributed by atoms with E-state index in [1.165, 1.54) is 5.56 Å². The Morgan fingerprint density at radius 3 is 2.85 bits per heavy atom. The maximum absolute atomic E-state index is 12.0. The van der Waals surface area contributed by atoms with E-state index in [1.54, 1.807) is 0 Å². The summed E-state index contributed by atoms with van der Waals surface area (Å²) < 4.78 is 28.4. The monoisotopic (exact) mass is 300 g/mol. The largest absolute Gasteiger partial charge is 0.298 e. The maximum atomic E-state index is 12.0. The molecule has 1 aliphatic heterocycles. The van der Waals surface area contributed by atoms with Crippen molar-refractivity contribution in [1.82, 2.24) is 19.4 Å². The molecule has 2 rings (SSSR count). The van der Waals surface area contributed by atoms with Crippen molar-refractivity contribution in [1.29, 1.82) is 0 Å². The van der Waals surface area contributed by atoms with Crippen molar-refractivity contribution in [2.45, 2.75) is 38.5 Å². The summed E-state index contributed by atoms with van der Waals surface area (Å²) >= 11 is 0. The standard InChI is InChI=1S/C13H24N4O2S/c1-4-13-11(8-16(3)15-13)9-17-7-6-12(10-17)20(18,19)14-5-2/h8,12,14H,4-7,9-10H2,1-3H3/t12-/m1/s1. The second-order valence-electron chi connectivity index (χ2n) is 5.32. The van der Waals surface area contributed by atoms with E-state index in [9.17, 15) is 8.42 Å². The van der Waals surface area contributed by atoms with Crippen molar-refractivity contribution < 1.29 is 8.42 Å². The predicted octanol–water partition coefficient (Wildman–Crippen LogP) is 0.496. The Bertz CT molecular complexity index is 553. The number of sulfonamides is 1. The SMILES string of the molecule is CCNS(=O)(=O)[C@@H]1CCN(Cc2cn(C)nc2CC)C1. The fourth-order valence-electron chi connectivity index (χ4n) is 2.77. The van der Waals surface area contributed by atoms with Crippen molar-refractivity contribution in [2.24, 2.45) is 7.05 Å². The summed E-state index contributed by atoms with van der Waals surface area (Å²) in [5.41, 5.74) is 2.31. The van der Waals surface area contributed by atoms with E-state index in [0.717, 1.165) is 25.2 Å². The molecule has 1 aromatic heterocycles. The molecule has 0 unspecified atom stereocenters. The lowest BCUT2D eigenvalue weighted by molar-refractivity contribution is 0.330. The molecule has 1 fully saturated rings. The third-order valence-electron chi connectivity index (χ3n) is 3.73. The molecule has 1 N–H and O–H groups in total. The Morgan fingerprint density at radius 2 is 2.20 bits per heavy atom. The van der Waals surface area contributed by atoms with Crippen LogP contribution < -0.4 is 4.72 Å². The highest BCUT2D eigenvalue weighted by Gasteiger charge is 2.32. The summed E-state index contributed by atoms with van der Waals surface area (Å²) in [7, 11) is -1.24. The van der Waals surface area contributed by atoms with Crippen LogP contribution in [-0.4, -0.2) is 48.0 Å². The third-order valence-corrected chi connectivity index (χ3v) is 5.69. The second-order valence-corrected chi connectivity index (χ2v) is 7.36. The summed E-state index contributed by atoms with van der Waals surface area (Å²) in [5.74, 6) is 0. The van der Waals surface area contributed by atoms with Gasteiger partial charge < -0.3 is 0 Å². The van der Waals surface area contributed by atoms with Gasteiger partial charge in [-0.15, -0.1) is 0 Å². The Morgan fingerprint density at radius 1 is 1.45 bits per heavy atom. The molecule has 2 heterocycles. The van der Waals surface area contributed by atoms with Crippen molar-refractivity contribution >= 4 is 10.0 Å². The van der Waals surface area contributed by atoms with Gasteiger partial charge in [-0.25, -0.2) is 13.1 Å². The maximum Gasteiger partial charge on any atom is 0.215 e. The molecule has 20 heavy (non-hydrogen) atoms. The van der Waals surface area contributed by atoms with Crippen LogP contribution in [0.15, 0.2) is 6.20 Å². The van der Waals surface area contributed by atoms with E-state index in [0.29, 0.717) is 19.5 Å². The van der Waals surface area contributed by atoms with Gasteiger partial charge in [-0.1, -0.05) is 13.8 Å². The minimum atomic E-state index is -3.16. The van der Waals surface area contributed by atoms with Gasteiger partial charge in [0.25, 0.3) is 0 Å². The Hall–Kier alpha value is -0.920. The predicted molar refractivity (Wildman–Crippen MR) is 78.9 cm³/mol. The van der Waals surface area contributed by atoms with Gasteiger partial charge in [-0.05, 0) is 19.4 Å². The molecule has 1 aliphatic rings. The van der Waals surface area contributed by atoms with E-state index >= 15 is 0 Å².